The third kappa shape index (κ3) is 3.31. The number of aromatic nitrogens is 4. The van der Waals surface area contributed by atoms with Gasteiger partial charge in [0.1, 0.15) is 16.1 Å². The van der Waals surface area contributed by atoms with Crippen LogP contribution in [0.4, 0.5) is 5.82 Å². The molecular formula is C12H15N5O3S. The zero-order valence-corrected chi connectivity index (χ0v) is 12.6. The van der Waals surface area contributed by atoms with E-state index >= 15 is 0 Å². The van der Waals surface area contributed by atoms with Crippen LogP contribution in [-0.2, 0) is 6.42 Å². The number of aryl methyl sites for hydroxylation is 1. The minimum absolute atomic E-state index is 0.0190. The zero-order chi connectivity index (χ0) is 15.6. The number of imidazole rings is 1. The summed E-state index contributed by atoms with van der Waals surface area (Å²) in [5.41, 5.74) is 0.818. The van der Waals surface area contributed by atoms with E-state index in [0.717, 1.165) is 22.0 Å². The lowest BCUT2D eigenvalue weighted by atomic mass is 10.3. The third-order valence-corrected chi connectivity index (χ3v) is 3.97. The van der Waals surface area contributed by atoms with Gasteiger partial charge in [-0.15, -0.1) is 10.2 Å². The quantitative estimate of drug-likeness (QED) is 0.646. The van der Waals surface area contributed by atoms with Crippen molar-refractivity contribution >= 4 is 28.8 Å². The Morgan fingerprint density at radius 2 is 2.29 bits per heavy atom. The number of nitro groups is 1. The van der Waals surface area contributed by atoms with Crippen molar-refractivity contribution in [2.24, 2.45) is 0 Å². The van der Waals surface area contributed by atoms with Crippen molar-refractivity contribution in [3.05, 3.63) is 31.6 Å². The highest BCUT2D eigenvalue weighted by atomic mass is 32.1. The molecule has 2 heterocycles. The Balaban J connectivity index is 2.35. The molecule has 21 heavy (non-hydrogen) atoms. The van der Waals surface area contributed by atoms with Crippen LogP contribution in [0.25, 0.3) is 11.6 Å². The number of aliphatic hydroxyl groups excluding tert-OH is 1. The molecule has 1 unspecified atom stereocenters. The van der Waals surface area contributed by atoms with Gasteiger partial charge in [-0.3, -0.25) is 0 Å². The second-order valence-electron chi connectivity index (χ2n) is 4.47. The lowest BCUT2D eigenvalue weighted by molar-refractivity contribution is -0.390. The minimum Gasteiger partial charge on any atom is -0.387 e. The van der Waals surface area contributed by atoms with E-state index in [9.17, 15) is 15.2 Å². The van der Waals surface area contributed by atoms with E-state index in [-0.39, 0.29) is 11.5 Å². The van der Waals surface area contributed by atoms with E-state index in [1.54, 1.807) is 6.08 Å². The fourth-order valence-electron chi connectivity index (χ4n) is 1.72. The minimum atomic E-state index is -1.02. The molecule has 0 saturated carbocycles. The highest BCUT2D eigenvalue weighted by Crippen LogP contribution is 2.25. The normalized spacial score (nSPS) is 13.4. The van der Waals surface area contributed by atoms with Crippen LogP contribution in [-0.4, -0.2) is 30.2 Å². The number of aliphatic hydroxyl groups is 1. The molecule has 1 atom stereocenters. The summed E-state index contributed by atoms with van der Waals surface area (Å²) in [7, 11) is 0. The molecule has 0 fully saturated rings. The Morgan fingerprint density at radius 1 is 1.57 bits per heavy atom. The van der Waals surface area contributed by atoms with Crippen LogP contribution in [0, 0.1) is 10.1 Å². The van der Waals surface area contributed by atoms with Crippen LogP contribution in [0.2, 0.25) is 0 Å². The monoisotopic (exact) mass is 309 g/mol. The molecule has 8 nitrogen and oxygen atoms in total. The van der Waals surface area contributed by atoms with Crippen molar-refractivity contribution in [3.63, 3.8) is 0 Å². The zero-order valence-electron chi connectivity index (χ0n) is 11.8. The molecule has 0 aliphatic carbocycles. The Bertz CT molecular complexity index is 689. The molecule has 0 bridgehead atoms. The van der Waals surface area contributed by atoms with Crippen LogP contribution in [0.15, 0.2) is 0 Å². The first-order valence-corrected chi connectivity index (χ1v) is 7.17. The lowest BCUT2D eigenvalue weighted by Crippen LogP contribution is -1.97. The molecule has 0 aliphatic heterocycles. The number of rotatable bonds is 5. The summed E-state index contributed by atoms with van der Waals surface area (Å²) in [6, 6.07) is 0. The molecule has 2 aromatic rings. The molecule has 2 N–H and O–H groups in total. The fourth-order valence-corrected chi connectivity index (χ4v) is 2.47. The molecule has 2 aromatic heterocycles. The number of allylic oxidation sites excluding steroid dienone is 1. The molecule has 0 aliphatic rings. The van der Waals surface area contributed by atoms with E-state index in [1.807, 2.05) is 13.8 Å². The Labute approximate surface area is 124 Å². The first kappa shape index (κ1) is 15.3. The maximum absolute atomic E-state index is 10.9. The van der Waals surface area contributed by atoms with Crippen LogP contribution >= 0.6 is 11.3 Å². The maximum atomic E-state index is 10.9. The van der Waals surface area contributed by atoms with Gasteiger partial charge < -0.3 is 15.2 Å². The Morgan fingerprint density at radius 3 is 2.76 bits per heavy atom. The van der Waals surface area contributed by atoms with Gasteiger partial charge in [0.15, 0.2) is 5.69 Å². The lowest BCUT2D eigenvalue weighted by Gasteiger charge is -1.98. The molecule has 0 spiro atoms. The van der Waals surface area contributed by atoms with E-state index in [1.165, 1.54) is 18.3 Å². The first-order chi connectivity index (χ1) is 9.92. The van der Waals surface area contributed by atoms with Crippen molar-refractivity contribution in [2.75, 3.05) is 0 Å². The average Bonchev–Trinajstić information content (AvgIpc) is 3.04. The van der Waals surface area contributed by atoms with E-state index in [0.29, 0.717) is 5.82 Å². The molecule has 0 radical (unpaired) electrons. The number of H-pyrrole nitrogens is 1. The molecule has 0 aromatic carbocycles. The summed E-state index contributed by atoms with van der Waals surface area (Å²) in [4.78, 5) is 17.0. The highest BCUT2D eigenvalue weighted by Gasteiger charge is 2.22. The highest BCUT2D eigenvalue weighted by molar-refractivity contribution is 7.12. The summed E-state index contributed by atoms with van der Waals surface area (Å²) in [6.45, 7) is 5.26. The smallest absolute Gasteiger partial charge is 0.346 e. The van der Waals surface area contributed by atoms with Crippen molar-refractivity contribution < 1.29 is 10.0 Å². The molecule has 0 amide bonds. The standard InChI is InChI=1S/C12H15N5O3S/c1-4-9-15-16-12(21-9)6(2)5-8-13-10(7(3)18)11(14-8)17(19)20/h5,7,18H,4H2,1-3H3,(H,13,14). The van der Waals surface area contributed by atoms with Gasteiger partial charge in [0, 0.05) is 6.08 Å². The predicted octanol–water partition coefficient (Wildman–Crippen LogP) is 2.35. The first-order valence-electron chi connectivity index (χ1n) is 6.35. The van der Waals surface area contributed by atoms with E-state index in [4.69, 9.17) is 0 Å². The van der Waals surface area contributed by atoms with Gasteiger partial charge >= 0.3 is 5.82 Å². The Hall–Kier alpha value is -2.13. The SMILES string of the molecule is CCc1nnc(C(C)=Cc2nc(C(C)O)c([N+](=O)[O-])[nH]2)s1. The number of hydrogen-bond donors (Lipinski definition) is 2. The largest absolute Gasteiger partial charge is 0.387 e. The molecule has 112 valence electrons. The maximum Gasteiger partial charge on any atom is 0.346 e. The number of hydrogen-bond acceptors (Lipinski definition) is 7. The van der Waals surface area contributed by atoms with Crippen molar-refractivity contribution in [1.82, 2.24) is 20.2 Å². The van der Waals surface area contributed by atoms with Crippen LogP contribution in [0.3, 0.4) is 0 Å². The summed E-state index contributed by atoms with van der Waals surface area (Å²) < 4.78 is 0. The number of nitrogens with zero attached hydrogens (tertiary/aromatic N) is 4. The van der Waals surface area contributed by atoms with E-state index in [2.05, 4.69) is 20.2 Å². The fraction of sp³-hybridized carbons (Fsp3) is 0.417. The van der Waals surface area contributed by atoms with Gasteiger partial charge in [-0.2, -0.15) is 0 Å². The summed E-state index contributed by atoms with van der Waals surface area (Å²) in [5.74, 6) is 0.0129. The van der Waals surface area contributed by atoms with Gasteiger partial charge in [-0.25, -0.2) is 9.97 Å². The van der Waals surface area contributed by atoms with E-state index < -0.39 is 11.0 Å². The molecule has 2 rings (SSSR count). The number of nitrogens with one attached hydrogen (secondary N) is 1. The van der Waals surface area contributed by atoms with Gasteiger partial charge in [0.2, 0.25) is 5.82 Å². The van der Waals surface area contributed by atoms with Crippen LogP contribution < -0.4 is 0 Å². The molecular weight excluding hydrogens is 294 g/mol. The second kappa shape index (κ2) is 6.10. The summed E-state index contributed by atoms with van der Waals surface area (Å²) >= 11 is 1.47. The summed E-state index contributed by atoms with van der Waals surface area (Å²) in [6.07, 6.45) is 1.44. The second-order valence-corrected chi connectivity index (χ2v) is 5.53. The van der Waals surface area contributed by atoms with Crippen LogP contribution in [0.1, 0.15) is 48.4 Å². The Kier molecular flexibility index (Phi) is 4.43. The van der Waals surface area contributed by atoms with Gasteiger partial charge in [0.05, 0.1) is 0 Å². The van der Waals surface area contributed by atoms with Gasteiger partial charge in [0.25, 0.3) is 0 Å². The topological polar surface area (TPSA) is 118 Å². The average molecular weight is 309 g/mol. The number of aromatic amines is 1. The predicted molar refractivity (Wildman–Crippen MR) is 78.7 cm³/mol. The molecule has 0 saturated heterocycles. The summed E-state index contributed by atoms with van der Waals surface area (Å²) in [5, 5.41) is 30.2. The molecule has 9 heteroatoms. The van der Waals surface area contributed by atoms with Gasteiger partial charge in [-0.1, -0.05) is 18.3 Å². The third-order valence-electron chi connectivity index (χ3n) is 2.77. The van der Waals surface area contributed by atoms with Crippen molar-refractivity contribution in [1.29, 1.82) is 0 Å². The van der Waals surface area contributed by atoms with Crippen molar-refractivity contribution in [2.45, 2.75) is 33.3 Å². The van der Waals surface area contributed by atoms with Gasteiger partial charge in [-0.05, 0) is 30.8 Å². The van der Waals surface area contributed by atoms with Crippen molar-refractivity contribution in [3.8, 4) is 0 Å². The van der Waals surface area contributed by atoms with Crippen LogP contribution in [0.5, 0.6) is 0 Å².